The first-order chi connectivity index (χ1) is 15.8. The van der Waals surface area contributed by atoms with Crippen molar-refractivity contribution in [3.8, 4) is 11.5 Å². The second kappa shape index (κ2) is 10.5. The molecule has 7 heteroatoms. The van der Waals surface area contributed by atoms with E-state index in [4.69, 9.17) is 9.47 Å². The third kappa shape index (κ3) is 5.77. The van der Waals surface area contributed by atoms with Crippen molar-refractivity contribution in [1.82, 2.24) is 5.43 Å². The summed E-state index contributed by atoms with van der Waals surface area (Å²) in [6.07, 6.45) is 1.59. The predicted molar refractivity (Wildman–Crippen MR) is 130 cm³/mol. The normalized spacial score (nSPS) is 10.7. The molecule has 0 bridgehead atoms. The average Bonchev–Trinajstić information content (AvgIpc) is 2.81. The van der Waals surface area contributed by atoms with Gasteiger partial charge in [0.05, 0.1) is 31.7 Å². The first kappa shape index (κ1) is 23.5. The van der Waals surface area contributed by atoms with Gasteiger partial charge in [-0.25, -0.2) is 5.43 Å². The molecule has 0 unspecified atom stereocenters. The number of anilines is 1. The fourth-order valence-corrected chi connectivity index (χ4v) is 3.20. The molecule has 0 spiro atoms. The van der Waals surface area contributed by atoms with Gasteiger partial charge in [-0.15, -0.1) is 0 Å². The highest BCUT2D eigenvalue weighted by molar-refractivity contribution is 6.09. The van der Waals surface area contributed by atoms with Crippen LogP contribution in [0.3, 0.4) is 0 Å². The van der Waals surface area contributed by atoms with Gasteiger partial charge in [0, 0.05) is 5.56 Å². The third-order valence-corrected chi connectivity index (χ3v) is 5.22. The van der Waals surface area contributed by atoms with Crippen LogP contribution >= 0.6 is 0 Å². The number of carbonyl (C=O) groups excluding carboxylic acids is 2. The number of rotatable bonds is 7. The average molecular weight is 446 g/mol. The van der Waals surface area contributed by atoms with E-state index in [0.717, 1.165) is 16.7 Å². The summed E-state index contributed by atoms with van der Waals surface area (Å²) in [5.41, 5.74) is 7.67. The fraction of sp³-hybridized carbons (Fsp3) is 0.192. The van der Waals surface area contributed by atoms with Gasteiger partial charge >= 0.3 is 0 Å². The van der Waals surface area contributed by atoms with Crippen molar-refractivity contribution in [1.29, 1.82) is 0 Å². The van der Waals surface area contributed by atoms with Crippen LogP contribution in [0.15, 0.2) is 59.7 Å². The van der Waals surface area contributed by atoms with Gasteiger partial charge in [0.25, 0.3) is 11.8 Å². The molecule has 33 heavy (non-hydrogen) atoms. The second-order valence-electron chi connectivity index (χ2n) is 7.62. The Hall–Kier alpha value is -4.13. The highest BCUT2D eigenvalue weighted by Gasteiger charge is 2.16. The number of amides is 2. The van der Waals surface area contributed by atoms with E-state index in [1.54, 1.807) is 36.5 Å². The van der Waals surface area contributed by atoms with Crippen LogP contribution in [0.1, 0.15) is 43.0 Å². The molecule has 0 heterocycles. The molecule has 0 fully saturated rings. The minimum absolute atomic E-state index is 0.307. The minimum atomic E-state index is -0.429. The van der Waals surface area contributed by atoms with Crippen LogP contribution in [0.25, 0.3) is 0 Å². The van der Waals surface area contributed by atoms with E-state index >= 15 is 0 Å². The van der Waals surface area contributed by atoms with Crippen LogP contribution in [0.5, 0.6) is 11.5 Å². The smallest absolute Gasteiger partial charge is 0.273 e. The zero-order valence-electron chi connectivity index (χ0n) is 19.4. The summed E-state index contributed by atoms with van der Waals surface area (Å²) in [6, 6.07) is 16.0. The first-order valence-electron chi connectivity index (χ1n) is 10.4. The topological polar surface area (TPSA) is 89.0 Å². The van der Waals surface area contributed by atoms with Gasteiger partial charge < -0.3 is 14.8 Å². The van der Waals surface area contributed by atoms with Crippen LogP contribution < -0.4 is 20.2 Å². The molecule has 0 aliphatic heterocycles. The second-order valence-corrected chi connectivity index (χ2v) is 7.62. The highest BCUT2D eigenvalue weighted by Crippen LogP contribution is 2.28. The number of aryl methyl sites for hydroxylation is 3. The van der Waals surface area contributed by atoms with E-state index in [1.165, 1.54) is 19.8 Å². The maximum atomic E-state index is 12.8. The molecular weight excluding hydrogens is 418 g/mol. The third-order valence-electron chi connectivity index (χ3n) is 5.22. The molecule has 0 aliphatic rings. The van der Waals surface area contributed by atoms with Gasteiger partial charge in [0.15, 0.2) is 11.5 Å². The summed E-state index contributed by atoms with van der Waals surface area (Å²) in [4.78, 5) is 25.6. The maximum Gasteiger partial charge on any atom is 0.273 e. The molecule has 0 saturated carbocycles. The zero-order chi connectivity index (χ0) is 24.0. The van der Waals surface area contributed by atoms with E-state index in [1.807, 2.05) is 45.0 Å². The van der Waals surface area contributed by atoms with Crippen LogP contribution in [0.2, 0.25) is 0 Å². The molecule has 0 aliphatic carbocycles. The van der Waals surface area contributed by atoms with E-state index in [0.29, 0.717) is 28.3 Å². The molecule has 0 aromatic heterocycles. The van der Waals surface area contributed by atoms with Crippen molar-refractivity contribution in [3.05, 3.63) is 88.0 Å². The number of nitrogens with one attached hydrogen (secondary N) is 2. The summed E-state index contributed by atoms with van der Waals surface area (Å²) in [5, 5.41) is 6.87. The van der Waals surface area contributed by atoms with Gasteiger partial charge in [0.1, 0.15) is 0 Å². The number of hydrogen-bond acceptors (Lipinski definition) is 5. The van der Waals surface area contributed by atoms with Gasteiger partial charge in [-0.3, -0.25) is 9.59 Å². The Kier molecular flexibility index (Phi) is 7.46. The van der Waals surface area contributed by atoms with Crippen molar-refractivity contribution in [2.24, 2.45) is 5.10 Å². The Morgan fingerprint density at radius 3 is 2.27 bits per heavy atom. The Morgan fingerprint density at radius 1 is 0.818 bits per heavy atom. The molecule has 3 aromatic carbocycles. The Labute approximate surface area is 193 Å². The van der Waals surface area contributed by atoms with E-state index in [2.05, 4.69) is 15.8 Å². The zero-order valence-corrected chi connectivity index (χ0v) is 19.4. The SMILES string of the molecule is COc1ccc(C(=O)Nc2ccc(C)cc2C(=O)N/N=C/c2ccc(C)c(C)c2)cc1OC. The number of ether oxygens (including phenoxy) is 2. The standard InChI is InChI=1S/C26H27N3O4/c1-16-6-10-22(28-25(30)20-9-11-23(32-4)24(14-20)33-5)21(12-16)26(31)29-27-15-19-8-7-17(2)18(3)13-19/h6-15H,1-5H3,(H,28,30)(H,29,31)/b27-15+. The largest absolute Gasteiger partial charge is 0.493 e. The van der Waals surface area contributed by atoms with Gasteiger partial charge in [0.2, 0.25) is 0 Å². The number of hydrazone groups is 1. The molecule has 0 saturated heterocycles. The van der Waals surface area contributed by atoms with Crippen molar-refractivity contribution >= 4 is 23.7 Å². The number of benzene rings is 3. The van der Waals surface area contributed by atoms with Crippen LogP contribution in [-0.2, 0) is 0 Å². The predicted octanol–water partition coefficient (Wildman–Crippen LogP) is 4.65. The van der Waals surface area contributed by atoms with Crippen LogP contribution in [0, 0.1) is 20.8 Å². The lowest BCUT2D eigenvalue weighted by Gasteiger charge is -2.13. The number of hydrogen-bond donors (Lipinski definition) is 2. The molecule has 7 nitrogen and oxygen atoms in total. The molecule has 0 atom stereocenters. The van der Waals surface area contributed by atoms with Crippen molar-refractivity contribution in [2.75, 3.05) is 19.5 Å². The molecule has 2 N–H and O–H groups in total. The van der Waals surface area contributed by atoms with Gasteiger partial charge in [-0.05, 0) is 67.8 Å². The summed E-state index contributed by atoms with van der Waals surface area (Å²) in [6.45, 7) is 5.92. The van der Waals surface area contributed by atoms with E-state index < -0.39 is 5.91 Å². The van der Waals surface area contributed by atoms with Crippen molar-refractivity contribution in [2.45, 2.75) is 20.8 Å². The lowest BCUT2D eigenvalue weighted by Crippen LogP contribution is -2.21. The minimum Gasteiger partial charge on any atom is -0.493 e. The molecular formula is C26H27N3O4. The van der Waals surface area contributed by atoms with Gasteiger partial charge in [-0.2, -0.15) is 5.10 Å². The lowest BCUT2D eigenvalue weighted by molar-refractivity contribution is 0.0956. The van der Waals surface area contributed by atoms with Crippen molar-refractivity contribution in [3.63, 3.8) is 0 Å². The number of carbonyl (C=O) groups is 2. The van der Waals surface area contributed by atoms with E-state index in [9.17, 15) is 9.59 Å². The Bertz CT molecular complexity index is 1220. The fourth-order valence-electron chi connectivity index (χ4n) is 3.20. The Balaban J connectivity index is 1.78. The lowest BCUT2D eigenvalue weighted by atomic mass is 10.1. The summed E-state index contributed by atoms with van der Waals surface area (Å²) < 4.78 is 10.5. The number of nitrogens with zero attached hydrogens (tertiary/aromatic N) is 1. The molecule has 170 valence electrons. The first-order valence-corrected chi connectivity index (χ1v) is 10.4. The molecule has 3 rings (SSSR count). The van der Waals surface area contributed by atoms with Gasteiger partial charge in [-0.1, -0.05) is 29.8 Å². The van der Waals surface area contributed by atoms with Crippen LogP contribution in [0.4, 0.5) is 5.69 Å². The summed E-state index contributed by atoms with van der Waals surface area (Å²) in [5.74, 6) is 0.146. The summed E-state index contributed by atoms with van der Waals surface area (Å²) in [7, 11) is 3.03. The highest BCUT2D eigenvalue weighted by atomic mass is 16.5. The Morgan fingerprint density at radius 2 is 1.58 bits per heavy atom. The maximum absolute atomic E-state index is 12.8. The van der Waals surface area contributed by atoms with E-state index in [-0.39, 0.29) is 5.91 Å². The quantitative estimate of drug-likeness (QED) is 0.409. The monoisotopic (exact) mass is 445 g/mol. The number of methoxy groups -OCH3 is 2. The molecule has 0 radical (unpaired) electrons. The molecule has 3 aromatic rings. The summed E-state index contributed by atoms with van der Waals surface area (Å²) >= 11 is 0. The van der Waals surface area contributed by atoms with Crippen LogP contribution in [-0.4, -0.2) is 32.2 Å². The van der Waals surface area contributed by atoms with Crippen molar-refractivity contribution < 1.29 is 19.1 Å². The molecule has 2 amide bonds.